The van der Waals surface area contributed by atoms with Gasteiger partial charge in [0, 0.05) is 10.7 Å². The standard InChI is InChI=1S/C13H12BrClO/c1-9(4-3-7-14)12-8-10-5-2-6-11(15)13(10)16-12/h2,4-6,8H,3,7H2,1H3/b9-4-. The van der Waals surface area contributed by atoms with Crippen molar-refractivity contribution in [2.75, 3.05) is 5.33 Å². The Bertz CT molecular complexity index is 528. The summed E-state index contributed by atoms with van der Waals surface area (Å²) in [4.78, 5) is 0. The first kappa shape index (κ1) is 11.7. The molecule has 0 saturated heterocycles. The van der Waals surface area contributed by atoms with E-state index >= 15 is 0 Å². The largest absolute Gasteiger partial charge is 0.455 e. The predicted octanol–water partition coefficient (Wildman–Crippen LogP) is 5.27. The Morgan fingerprint density at radius 2 is 2.31 bits per heavy atom. The van der Waals surface area contributed by atoms with Gasteiger partial charge < -0.3 is 4.42 Å². The van der Waals surface area contributed by atoms with Gasteiger partial charge in [-0.25, -0.2) is 0 Å². The third-order valence-electron chi connectivity index (χ3n) is 2.44. The summed E-state index contributed by atoms with van der Waals surface area (Å²) in [6.07, 6.45) is 3.15. The Hall–Kier alpha value is -0.730. The molecule has 2 rings (SSSR count). The zero-order chi connectivity index (χ0) is 11.5. The summed E-state index contributed by atoms with van der Waals surface area (Å²) in [7, 11) is 0. The first-order valence-corrected chi connectivity index (χ1v) is 6.63. The fourth-order valence-electron chi connectivity index (χ4n) is 1.59. The van der Waals surface area contributed by atoms with Gasteiger partial charge in [0.2, 0.25) is 0 Å². The Morgan fingerprint density at radius 3 is 3.00 bits per heavy atom. The van der Waals surface area contributed by atoms with Crippen LogP contribution < -0.4 is 0 Å². The van der Waals surface area contributed by atoms with Crippen molar-refractivity contribution in [3.05, 3.63) is 41.1 Å². The van der Waals surface area contributed by atoms with E-state index in [1.807, 2.05) is 31.2 Å². The highest BCUT2D eigenvalue weighted by Gasteiger charge is 2.07. The molecule has 0 radical (unpaired) electrons. The van der Waals surface area contributed by atoms with Crippen molar-refractivity contribution in [3.8, 4) is 0 Å². The van der Waals surface area contributed by atoms with Crippen LogP contribution in [0.5, 0.6) is 0 Å². The lowest BCUT2D eigenvalue weighted by molar-refractivity contribution is 0.599. The van der Waals surface area contributed by atoms with E-state index in [9.17, 15) is 0 Å². The molecule has 0 amide bonds. The van der Waals surface area contributed by atoms with E-state index in [0.717, 1.165) is 34.1 Å². The minimum atomic E-state index is 0.664. The Kier molecular flexibility index (Phi) is 3.72. The van der Waals surface area contributed by atoms with Crippen molar-refractivity contribution >= 4 is 44.1 Å². The maximum Gasteiger partial charge on any atom is 0.153 e. The van der Waals surface area contributed by atoms with Gasteiger partial charge in [-0.15, -0.1) is 0 Å². The number of furan rings is 1. The quantitative estimate of drug-likeness (QED) is 0.703. The van der Waals surface area contributed by atoms with Crippen molar-refractivity contribution in [1.82, 2.24) is 0 Å². The van der Waals surface area contributed by atoms with Gasteiger partial charge in [0.15, 0.2) is 5.58 Å². The lowest BCUT2D eigenvalue weighted by atomic mass is 10.2. The van der Waals surface area contributed by atoms with Gasteiger partial charge in [-0.05, 0) is 31.1 Å². The van der Waals surface area contributed by atoms with Crippen LogP contribution in [0.15, 0.2) is 34.8 Å². The number of rotatable bonds is 3. The molecule has 2 aromatic rings. The Balaban J connectivity index is 2.43. The van der Waals surface area contributed by atoms with Crippen LogP contribution in [0, 0.1) is 0 Å². The van der Waals surface area contributed by atoms with Gasteiger partial charge in [-0.1, -0.05) is 45.7 Å². The minimum absolute atomic E-state index is 0.664. The minimum Gasteiger partial charge on any atom is -0.455 e. The number of halogens is 2. The van der Waals surface area contributed by atoms with Crippen molar-refractivity contribution in [2.45, 2.75) is 13.3 Å². The first-order valence-electron chi connectivity index (χ1n) is 5.13. The van der Waals surface area contributed by atoms with Crippen molar-refractivity contribution < 1.29 is 4.42 Å². The summed E-state index contributed by atoms with van der Waals surface area (Å²) >= 11 is 9.46. The molecule has 0 unspecified atom stereocenters. The number of allylic oxidation sites excluding steroid dienone is 2. The average Bonchev–Trinajstić information content (AvgIpc) is 2.71. The molecular weight excluding hydrogens is 287 g/mol. The fraction of sp³-hybridized carbons (Fsp3) is 0.231. The molecule has 0 fully saturated rings. The van der Waals surface area contributed by atoms with Crippen molar-refractivity contribution in [1.29, 1.82) is 0 Å². The second-order valence-electron chi connectivity index (χ2n) is 3.63. The molecule has 1 heterocycles. The van der Waals surface area contributed by atoms with Gasteiger partial charge >= 0.3 is 0 Å². The topological polar surface area (TPSA) is 13.1 Å². The van der Waals surface area contributed by atoms with Crippen LogP contribution in [0.25, 0.3) is 16.5 Å². The monoisotopic (exact) mass is 298 g/mol. The number of hydrogen-bond acceptors (Lipinski definition) is 1. The maximum atomic E-state index is 6.06. The predicted molar refractivity (Wildman–Crippen MR) is 73.3 cm³/mol. The summed E-state index contributed by atoms with van der Waals surface area (Å²) in [5.74, 6) is 0.893. The lowest BCUT2D eigenvalue weighted by Crippen LogP contribution is -1.75. The molecule has 0 bridgehead atoms. The molecule has 0 saturated carbocycles. The SMILES string of the molecule is C/C(=C/CCBr)c1cc2cccc(Cl)c2o1. The third-order valence-corrected chi connectivity index (χ3v) is 3.20. The number of para-hydroxylation sites is 1. The van der Waals surface area contributed by atoms with Gasteiger partial charge in [0.1, 0.15) is 5.76 Å². The normalized spacial score (nSPS) is 12.3. The highest BCUT2D eigenvalue weighted by Crippen LogP contribution is 2.29. The van der Waals surface area contributed by atoms with Crippen LogP contribution in [0.1, 0.15) is 19.1 Å². The smallest absolute Gasteiger partial charge is 0.153 e. The summed E-state index contributed by atoms with van der Waals surface area (Å²) in [5, 5.41) is 2.68. The van der Waals surface area contributed by atoms with Crippen LogP contribution in [-0.4, -0.2) is 5.33 Å². The molecule has 0 aliphatic carbocycles. The maximum absolute atomic E-state index is 6.06. The Labute approximate surface area is 108 Å². The molecule has 16 heavy (non-hydrogen) atoms. The first-order chi connectivity index (χ1) is 7.72. The van der Waals surface area contributed by atoms with E-state index in [-0.39, 0.29) is 0 Å². The fourth-order valence-corrected chi connectivity index (χ4v) is 2.04. The zero-order valence-corrected chi connectivity index (χ0v) is 11.3. The summed E-state index contributed by atoms with van der Waals surface area (Å²) in [5.41, 5.74) is 1.91. The summed E-state index contributed by atoms with van der Waals surface area (Å²) < 4.78 is 5.74. The van der Waals surface area contributed by atoms with Crippen LogP contribution in [0.4, 0.5) is 0 Å². The molecule has 1 aromatic heterocycles. The van der Waals surface area contributed by atoms with E-state index in [2.05, 4.69) is 22.0 Å². The highest BCUT2D eigenvalue weighted by molar-refractivity contribution is 9.09. The molecule has 1 nitrogen and oxygen atoms in total. The molecule has 3 heteroatoms. The summed E-state index contributed by atoms with van der Waals surface area (Å²) in [6, 6.07) is 7.81. The van der Waals surface area contributed by atoms with Gasteiger partial charge in [0.25, 0.3) is 0 Å². The summed E-state index contributed by atoms with van der Waals surface area (Å²) in [6.45, 7) is 2.05. The van der Waals surface area contributed by atoms with E-state index in [1.54, 1.807) is 0 Å². The van der Waals surface area contributed by atoms with Gasteiger partial charge in [-0.2, -0.15) is 0 Å². The molecule has 0 N–H and O–H groups in total. The average molecular weight is 300 g/mol. The molecule has 1 aromatic carbocycles. The number of alkyl halides is 1. The number of fused-ring (bicyclic) bond motifs is 1. The molecular formula is C13H12BrClO. The second-order valence-corrected chi connectivity index (χ2v) is 4.83. The Morgan fingerprint density at radius 1 is 1.50 bits per heavy atom. The van der Waals surface area contributed by atoms with Crippen molar-refractivity contribution in [3.63, 3.8) is 0 Å². The van der Waals surface area contributed by atoms with Crippen molar-refractivity contribution in [2.24, 2.45) is 0 Å². The highest BCUT2D eigenvalue weighted by atomic mass is 79.9. The van der Waals surface area contributed by atoms with Gasteiger partial charge in [-0.3, -0.25) is 0 Å². The molecule has 84 valence electrons. The number of benzene rings is 1. The van der Waals surface area contributed by atoms with Crippen LogP contribution >= 0.6 is 27.5 Å². The molecule has 0 spiro atoms. The zero-order valence-electron chi connectivity index (χ0n) is 8.97. The molecule has 0 atom stereocenters. The van der Waals surface area contributed by atoms with E-state index in [0.29, 0.717) is 5.02 Å². The second kappa shape index (κ2) is 5.07. The van der Waals surface area contributed by atoms with E-state index in [1.165, 1.54) is 0 Å². The van der Waals surface area contributed by atoms with Crippen LogP contribution in [-0.2, 0) is 0 Å². The van der Waals surface area contributed by atoms with Gasteiger partial charge in [0.05, 0.1) is 5.02 Å². The van der Waals surface area contributed by atoms with Crippen LogP contribution in [0.3, 0.4) is 0 Å². The third kappa shape index (κ3) is 2.33. The van der Waals surface area contributed by atoms with Crippen LogP contribution in [0.2, 0.25) is 5.02 Å². The van der Waals surface area contributed by atoms with E-state index in [4.69, 9.17) is 16.0 Å². The molecule has 0 aliphatic heterocycles. The number of hydrogen-bond donors (Lipinski definition) is 0. The van der Waals surface area contributed by atoms with E-state index < -0.39 is 0 Å². The molecule has 0 aliphatic rings. The lowest BCUT2D eigenvalue weighted by Gasteiger charge is -1.94.